The van der Waals surface area contributed by atoms with Crippen LogP contribution in [0.25, 0.3) is 10.2 Å². The maximum absolute atomic E-state index is 12.2. The smallest absolute Gasteiger partial charge is 0.422 e. The van der Waals surface area contributed by atoms with E-state index in [9.17, 15) is 18.0 Å². The molecule has 1 aliphatic heterocycles. The number of nitrogens with two attached hydrogens (primary N) is 1. The molecule has 2 atom stereocenters. The predicted octanol–water partition coefficient (Wildman–Crippen LogP) is 3.10. The zero-order chi connectivity index (χ0) is 18.0. The highest BCUT2D eigenvalue weighted by atomic mass is 35.5. The van der Waals surface area contributed by atoms with E-state index in [-0.39, 0.29) is 30.2 Å². The number of carbonyl (C=O) groups is 1. The van der Waals surface area contributed by atoms with Gasteiger partial charge in [0.1, 0.15) is 11.9 Å². The lowest BCUT2D eigenvalue weighted by Crippen LogP contribution is -2.29. The Bertz CT molecular complexity index is 771. The summed E-state index contributed by atoms with van der Waals surface area (Å²) in [5, 5.41) is 3.03. The van der Waals surface area contributed by atoms with Crippen LogP contribution in [0.1, 0.15) is 12.8 Å². The lowest BCUT2D eigenvalue weighted by Gasteiger charge is -2.10. The van der Waals surface area contributed by atoms with Crippen molar-refractivity contribution in [1.82, 2.24) is 4.98 Å². The number of alkyl halides is 3. The van der Waals surface area contributed by atoms with Crippen molar-refractivity contribution < 1.29 is 27.4 Å². The Morgan fingerprint density at radius 3 is 2.85 bits per heavy atom. The van der Waals surface area contributed by atoms with E-state index in [2.05, 4.69) is 10.3 Å². The Balaban J connectivity index is 0.00000243. The van der Waals surface area contributed by atoms with E-state index >= 15 is 0 Å². The summed E-state index contributed by atoms with van der Waals surface area (Å²) in [5.74, 6) is -0.209. The number of ether oxygens (including phenoxy) is 2. The molecule has 1 saturated heterocycles. The van der Waals surface area contributed by atoms with Crippen LogP contribution in [0.5, 0.6) is 5.75 Å². The number of anilines is 1. The van der Waals surface area contributed by atoms with E-state index in [1.807, 2.05) is 0 Å². The Hall–Kier alpha value is -1.62. The highest BCUT2D eigenvalue weighted by Crippen LogP contribution is 2.30. The van der Waals surface area contributed by atoms with Crippen LogP contribution in [-0.4, -0.2) is 42.4 Å². The predicted molar refractivity (Wildman–Crippen MR) is 94.0 cm³/mol. The maximum Gasteiger partial charge on any atom is 0.422 e. The molecular formula is C15H17ClF3N3O3S. The Kier molecular flexibility index (Phi) is 6.67. The SMILES string of the molecule is Cl.NC[C@H]1CC[C@@H](C(=O)Nc2nc3ccc(OCC(F)(F)F)cc3s2)O1. The summed E-state index contributed by atoms with van der Waals surface area (Å²) in [6, 6.07) is 4.42. The van der Waals surface area contributed by atoms with Gasteiger partial charge in [0.2, 0.25) is 0 Å². The van der Waals surface area contributed by atoms with Crippen molar-refractivity contribution in [2.75, 3.05) is 18.5 Å². The molecule has 2 aromatic rings. The number of carbonyl (C=O) groups excluding carboxylic acids is 1. The molecule has 0 aliphatic carbocycles. The van der Waals surface area contributed by atoms with Gasteiger partial charge in [-0.3, -0.25) is 10.1 Å². The zero-order valence-electron chi connectivity index (χ0n) is 13.4. The minimum Gasteiger partial charge on any atom is -0.484 e. The summed E-state index contributed by atoms with van der Waals surface area (Å²) in [6.45, 7) is -0.992. The van der Waals surface area contributed by atoms with Crippen molar-refractivity contribution >= 4 is 45.0 Å². The number of nitrogens with zero attached hydrogens (tertiary/aromatic N) is 1. The first kappa shape index (κ1) is 20.7. The van der Waals surface area contributed by atoms with Gasteiger partial charge in [0.15, 0.2) is 11.7 Å². The van der Waals surface area contributed by atoms with Crippen LogP contribution in [0.3, 0.4) is 0 Å². The molecule has 1 aromatic heterocycles. The third-order valence-electron chi connectivity index (χ3n) is 3.66. The molecular weight excluding hydrogens is 395 g/mol. The number of aromatic nitrogens is 1. The summed E-state index contributed by atoms with van der Waals surface area (Å²) >= 11 is 1.15. The number of halogens is 4. The molecule has 0 spiro atoms. The van der Waals surface area contributed by atoms with Gasteiger partial charge < -0.3 is 15.2 Å². The van der Waals surface area contributed by atoms with Gasteiger partial charge in [-0.15, -0.1) is 12.4 Å². The normalized spacial score (nSPS) is 20.0. The molecule has 0 saturated carbocycles. The number of nitrogens with one attached hydrogen (secondary N) is 1. The molecule has 2 heterocycles. The fourth-order valence-electron chi connectivity index (χ4n) is 2.47. The van der Waals surface area contributed by atoms with Crippen molar-refractivity contribution in [3.05, 3.63) is 18.2 Å². The molecule has 11 heteroatoms. The summed E-state index contributed by atoms with van der Waals surface area (Å²) < 4.78 is 47.4. The van der Waals surface area contributed by atoms with Gasteiger partial charge >= 0.3 is 6.18 Å². The van der Waals surface area contributed by atoms with Crippen molar-refractivity contribution in [2.45, 2.75) is 31.2 Å². The maximum atomic E-state index is 12.2. The molecule has 0 radical (unpaired) electrons. The highest BCUT2D eigenvalue weighted by Gasteiger charge is 2.30. The molecule has 6 nitrogen and oxygen atoms in total. The molecule has 1 amide bonds. The monoisotopic (exact) mass is 411 g/mol. The van der Waals surface area contributed by atoms with Crippen LogP contribution in [0.4, 0.5) is 18.3 Å². The Morgan fingerprint density at radius 1 is 1.42 bits per heavy atom. The average molecular weight is 412 g/mol. The van der Waals surface area contributed by atoms with E-state index in [0.717, 1.165) is 17.8 Å². The third-order valence-corrected chi connectivity index (χ3v) is 4.59. The van der Waals surface area contributed by atoms with Crippen molar-refractivity contribution in [3.8, 4) is 5.75 Å². The topological polar surface area (TPSA) is 86.5 Å². The number of fused-ring (bicyclic) bond motifs is 1. The van der Waals surface area contributed by atoms with Gasteiger partial charge in [-0.1, -0.05) is 11.3 Å². The summed E-state index contributed by atoms with van der Waals surface area (Å²) in [6.07, 6.45) is -3.75. The van der Waals surface area contributed by atoms with Gasteiger partial charge in [0.05, 0.1) is 16.3 Å². The summed E-state index contributed by atoms with van der Waals surface area (Å²) in [7, 11) is 0. The lowest BCUT2D eigenvalue weighted by molar-refractivity contribution is -0.153. The van der Waals surface area contributed by atoms with E-state index in [0.29, 0.717) is 28.3 Å². The number of benzene rings is 1. The van der Waals surface area contributed by atoms with Gasteiger partial charge in [0.25, 0.3) is 5.91 Å². The second kappa shape index (κ2) is 8.38. The number of hydrogen-bond acceptors (Lipinski definition) is 6. The lowest BCUT2D eigenvalue weighted by atomic mass is 10.2. The zero-order valence-corrected chi connectivity index (χ0v) is 15.0. The molecule has 3 rings (SSSR count). The Labute approximate surface area is 157 Å². The molecule has 144 valence electrons. The minimum atomic E-state index is -4.40. The first-order valence-corrected chi connectivity index (χ1v) is 8.42. The summed E-state index contributed by atoms with van der Waals surface area (Å²) in [5.41, 5.74) is 6.08. The van der Waals surface area contributed by atoms with Crippen LogP contribution < -0.4 is 15.8 Å². The molecule has 26 heavy (non-hydrogen) atoms. The van der Waals surface area contributed by atoms with Gasteiger partial charge in [-0.05, 0) is 31.0 Å². The quantitative estimate of drug-likeness (QED) is 0.789. The second-order valence-electron chi connectivity index (χ2n) is 5.60. The molecule has 1 fully saturated rings. The van der Waals surface area contributed by atoms with Crippen LogP contribution in [0.2, 0.25) is 0 Å². The van der Waals surface area contributed by atoms with E-state index in [1.54, 1.807) is 6.07 Å². The molecule has 0 unspecified atom stereocenters. The van der Waals surface area contributed by atoms with Crippen LogP contribution >= 0.6 is 23.7 Å². The third kappa shape index (κ3) is 5.19. The minimum absolute atomic E-state index is 0. The molecule has 1 aromatic carbocycles. The Morgan fingerprint density at radius 2 is 2.19 bits per heavy atom. The van der Waals surface area contributed by atoms with Gasteiger partial charge in [0, 0.05) is 6.54 Å². The second-order valence-corrected chi connectivity index (χ2v) is 6.63. The average Bonchev–Trinajstić information content (AvgIpc) is 3.17. The number of rotatable bonds is 5. The van der Waals surface area contributed by atoms with Crippen molar-refractivity contribution in [1.29, 1.82) is 0 Å². The van der Waals surface area contributed by atoms with Gasteiger partial charge in [-0.2, -0.15) is 13.2 Å². The largest absolute Gasteiger partial charge is 0.484 e. The first-order valence-electron chi connectivity index (χ1n) is 7.60. The van der Waals surface area contributed by atoms with E-state index < -0.39 is 18.9 Å². The fourth-order valence-corrected chi connectivity index (χ4v) is 3.37. The number of hydrogen-bond donors (Lipinski definition) is 2. The van der Waals surface area contributed by atoms with Crippen LogP contribution in [0.15, 0.2) is 18.2 Å². The number of thiazole rings is 1. The van der Waals surface area contributed by atoms with Gasteiger partial charge in [-0.25, -0.2) is 4.98 Å². The molecule has 1 aliphatic rings. The van der Waals surface area contributed by atoms with Crippen molar-refractivity contribution in [2.24, 2.45) is 5.73 Å². The van der Waals surface area contributed by atoms with E-state index in [4.69, 9.17) is 15.2 Å². The van der Waals surface area contributed by atoms with Crippen molar-refractivity contribution in [3.63, 3.8) is 0 Å². The molecule has 0 bridgehead atoms. The summed E-state index contributed by atoms with van der Waals surface area (Å²) in [4.78, 5) is 16.4. The first-order chi connectivity index (χ1) is 11.8. The van der Waals surface area contributed by atoms with E-state index in [1.165, 1.54) is 12.1 Å². The standard InChI is InChI=1S/C15H16F3N3O3S.ClH/c16-15(17,18)7-23-8-1-3-10-12(5-8)25-14(20-10)21-13(22)11-4-2-9(6-19)24-11;/h1,3,5,9,11H,2,4,6-7,19H2,(H,20,21,22);1H/t9-,11+;/m1./s1. The van der Waals surface area contributed by atoms with Crippen LogP contribution in [-0.2, 0) is 9.53 Å². The fraction of sp³-hybridized carbons (Fsp3) is 0.467. The number of amides is 1. The van der Waals surface area contributed by atoms with Crippen LogP contribution in [0, 0.1) is 0 Å². The molecule has 3 N–H and O–H groups in total. The highest BCUT2D eigenvalue weighted by molar-refractivity contribution is 7.22.